The van der Waals surface area contributed by atoms with Gasteiger partial charge in [0.05, 0.1) is 12.8 Å². The van der Waals surface area contributed by atoms with Crippen molar-refractivity contribution in [2.45, 2.75) is 13.8 Å². The highest BCUT2D eigenvalue weighted by Gasteiger charge is 2.22. The van der Waals surface area contributed by atoms with Gasteiger partial charge < -0.3 is 24.6 Å². The molecular weight excluding hydrogens is 378 g/mol. The number of nitrogens with zero attached hydrogens (tertiary/aromatic N) is 2. The average molecular weight is 404 g/mol. The molecule has 3 rings (SSSR count). The summed E-state index contributed by atoms with van der Waals surface area (Å²) in [6.45, 7) is 6.77. The Kier molecular flexibility index (Phi) is 6.52. The minimum absolute atomic E-state index is 0.117. The van der Waals surface area contributed by atoms with E-state index in [0.29, 0.717) is 18.8 Å². The first-order valence-electron chi connectivity index (χ1n) is 9.30. The van der Waals surface area contributed by atoms with Crippen molar-refractivity contribution >= 4 is 23.3 Å². The smallest absolute Gasteiger partial charge is 0.320 e. The number of rotatable bonds is 5. The number of aryl methyl sites for hydroxylation is 2. The van der Waals surface area contributed by atoms with E-state index in [1.165, 1.54) is 0 Å². The number of amides is 2. The predicted molar refractivity (Wildman–Crippen MR) is 112 cm³/mol. The first-order valence-corrected chi connectivity index (χ1v) is 9.67. The number of methoxy groups -OCH3 is 1. The summed E-state index contributed by atoms with van der Waals surface area (Å²) in [4.78, 5) is 16.4. The zero-order chi connectivity index (χ0) is 20.1. The standard InChI is InChI=1S/C21H26ClN3O3/c1-15-12-17(13-16(2)20(15)22)28-14-23-21(26)25-10-8-24(9-11-25)18-6-4-5-7-19(18)27-3/h4-7,12-13H,8-11,14H2,1-3H3,(H,23,26). The van der Waals surface area contributed by atoms with E-state index in [9.17, 15) is 4.79 Å². The fourth-order valence-corrected chi connectivity index (χ4v) is 3.43. The Morgan fingerprint density at radius 2 is 1.75 bits per heavy atom. The third-order valence-corrected chi connectivity index (χ3v) is 5.46. The van der Waals surface area contributed by atoms with Crippen LogP contribution in [0.1, 0.15) is 11.1 Å². The highest BCUT2D eigenvalue weighted by molar-refractivity contribution is 6.32. The SMILES string of the molecule is COc1ccccc1N1CCN(C(=O)NCOc2cc(C)c(Cl)c(C)c2)CC1. The summed E-state index contributed by atoms with van der Waals surface area (Å²) in [6.07, 6.45) is 0. The van der Waals surface area contributed by atoms with Crippen molar-refractivity contribution in [3.63, 3.8) is 0 Å². The normalized spacial score (nSPS) is 14.0. The molecule has 6 nitrogen and oxygen atoms in total. The number of halogens is 1. The van der Waals surface area contributed by atoms with Crippen LogP contribution in [-0.4, -0.2) is 51.0 Å². The summed E-state index contributed by atoms with van der Waals surface area (Å²) >= 11 is 6.17. The molecule has 1 heterocycles. The second kappa shape index (κ2) is 9.06. The molecule has 28 heavy (non-hydrogen) atoms. The molecule has 2 aromatic carbocycles. The maximum absolute atomic E-state index is 12.4. The van der Waals surface area contributed by atoms with Gasteiger partial charge >= 0.3 is 6.03 Å². The van der Waals surface area contributed by atoms with E-state index in [1.54, 1.807) is 12.0 Å². The van der Waals surface area contributed by atoms with Gasteiger partial charge in [-0.1, -0.05) is 23.7 Å². The van der Waals surface area contributed by atoms with Gasteiger partial charge in [0.2, 0.25) is 0 Å². The van der Waals surface area contributed by atoms with Gasteiger partial charge in [-0.2, -0.15) is 0 Å². The van der Waals surface area contributed by atoms with Crippen LogP contribution in [0.25, 0.3) is 0 Å². The minimum Gasteiger partial charge on any atom is -0.495 e. The Morgan fingerprint density at radius 1 is 1.11 bits per heavy atom. The number of piperazine rings is 1. The van der Waals surface area contributed by atoms with Gasteiger partial charge in [0.25, 0.3) is 0 Å². The van der Waals surface area contributed by atoms with Gasteiger partial charge in [-0.3, -0.25) is 0 Å². The lowest BCUT2D eigenvalue weighted by atomic mass is 10.1. The molecule has 0 bridgehead atoms. The van der Waals surface area contributed by atoms with Gasteiger partial charge in [-0.05, 0) is 49.2 Å². The number of anilines is 1. The molecule has 1 saturated heterocycles. The van der Waals surface area contributed by atoms with E-state index in [4.69, 9.17) is 21.1 Å². The third-order valence-electron chi connectivity index (χ3n) is 4.86. The largest absolute Gasteiger partial charge is 0.495 e. The Hall–Kier alpha value is -2.60. The zero-order valence-electron chi connectivity index (χ0n) is 16.5. The monoisotopic (exact) mass is 403 g/mol. The maximum Gasteiger partial charge on any atom is 0.320 e. The molecule has 1 N–H and O–H groups in total. The molecule has 0 unspecified atom stereocenters. The van der Waals surface area contributed by atoms with E-state index in [0.717, 1.165) is 40.7 Å². The average Bonchev–Trinajstić information content (AvgIpc) is 2.72. The lowest BCUT2D eigenvalue weighted by Crippen LogP contribution is -2.52. The van der Waals surface area contributed by atoms with Crippen LogP contribution >= 0.6 is 11.6 Å². The quantitative estimate of drug-likeness (QED) is 0.771. The van der Waals surface area contributed by atoms with Crippen molar-refractivity contribution in [1.82, 2.24) is 10.2 Å². The predicted octanol–water partition coefficient (Wildman–Crippen LogP) is 3.83. The molecule has 0 atom stereocenters. The molecule has 0 radical (unpaired) electrons. The van der Waals surface area contributed by atoms with Crippen molar-refractivity contribution in [2.75, 3.05) is 44.9 Å². The fraction of sp³-hybridized carbons (Fsp3) is 0.381. The van der Waals surface area contributed by atoms with Gasteiger partial charge in [-0.25, -0.2) is 4.79 Å². The molecular formula is C21H26ClN3O3. The van der Waals surface area contributed by atoms with Crippen molar-refractivity contribution < 1.29 is 14.3 Å². The third kappa shape index (κ3) is 4.62. The zero-order valence-corrected chi connectivity index (χ0v) is 17.3. The Balaban J connectivity index is 1.48. The van der Waals surface area contributed by atoms with Crippen molar-refractivity contribution in [2.24, 2.45) is 0 Å². The van der Waals surface area contributed by atoms with Crippen molar-refractivity contribution in [3.8, 4) is 11.5 Å². The molecule has 0 spiro atoms. The van der Waals surface area contributed by atoms with Crippen LogP contribution in [0, 0.1) is 13.8 Å². The first-order chi connectivity index (χ1) is 13.5. The van der Waals surface area contributed by atoms with E-state index in [2.05, 4.69) is 10.2 Å². The Bertz CT molecular complexity index is 812. The van der Waals surface area contributed by atoms with Gasteiger partial charge in [-0.15, -0.1) is 0 Å². The summed E-state index contributed by atoms with van der Waals surface area (Å²) in [5.74, 6) is 1.54. The molecule has 1 aliphatic heterocycles. The maximum atomic E-state index is 12.4. The number of carbonyl (C=O) groups is 1. The van der Waals surface area contributed by atoms with Crippen LogP contribution in [0.5, 0.6) is 11.5 Å². The van der Waals surface area contributed by atoms with Crippen LogP contribution in [0.3, 0.4) is 0 Å². The van der Waals surface area contributed by atoms with Crippen molar-refractivity contribution in [3.05, 3.63) is 52.5 Å². The number of carbonyl (C=O) groups excluding carboxylic acids is 1. The number of nitrogens with one attached hydrogen (secondary N) is 1. The highest BCUT2D eigenvalue weighted by atomic mass is 35.5. The molecule has 0 aliphatic carbocycles. The number of urea groups is 1. The molecule has 0 saturated carbocycles. The van der Waals surface area contributed by atoms with Crippen LogP contribution < -0.4 is 19.7 Å². The number of benzene rings is 2. The van der Waals surface area contributed by atoms with E-state index in [-0.39, 0.29) is 12.8 Å². The Morgan fingerprint density at radius 3 is 2.39 bits per heavy atom. The number of hydrogen-bond acceptors (Lipinski definition) is 4. The second-order valence-corrected chi connectivity index (χ2v) is 7.17. The van der Waals surface area contributed by atoms with Crippen LogP contribution in [-0.2, 0) is 0 Å². The van der Waals surface area contributed by atoms with Crippen LogP contribution in [0.4, 0.5) is 10.5 Å². The summed E-state index contributed by atoms with van der Waals surface area (Å²) in [7, 11) is 1.67. The van der Waals surface area contributed by atoms with Gasteiger partial charge in [0.1, 0.15) is 11.5 Å². The highest BCUT2D eigenvalue weighted by Crippen LogP contribution is 2.28. The summed E-state index contributed by atoms with van der Waals surface area (Å²) in [5.41, 5.74) is 2.97. The van der Waals surface area contributed by atoms with Gasteiger partial charge in [0, 0.05) is 31.2 Å². The molecule has 1 fully saturated rings. The molecule has 0 aromatic heterocycles. The first kappa shape index (κ1) is 20.1. The molecule has 1 aliphatic rings. The fourth-order valence-electron chi connectivity index (χ4n) is 3.32. The van der Waals surface area contributed by atoms with E-state index >= 15 is 0 Å². The van der Waals surface area contributed by atoms with Crippen LogP contribution in [0.2, 0.25) is 5.02 Å². The molecule has 2 aromatic rings. The summed E-state index contributed by atoms with van der Waals surface area (Å²) in [6, 6.07) is 11.6. The minimum atomic E-state index is -0.123. The van der Waals surface area contributed by atoms with Crippen LogP contribution in [0.15, 0.2) is 36.4 Å². The van der Waals surface area contributed by atoms with E-state index in [1.807, 2.05) is 50.2 Å². The number of para-hydroxylation sites is 2. The Labute approximate surface area is 171 Å². The van der Waals surface area contributed by atoms with E-state index < -0.39 is 0 Å². The molecule has 2 amide bonds. The summed E-state index contributed by atoms with van der Waals surface area (Å²) < 4.78 is 11.1. The summed E-state index contributed by atoms with van der Waals surface area (Å²) in [5, 5.41) is 3.56. The second-order valence-electron chi connectivity index (χ2n) is 6.79. The number of ether oxygens (including phenoxy) is 2. The molecule has 150 valence electrons. The van der Waals surface area contributed by atoms with Gasteiger partial charge in [0.15, 0.2) is 6.73 Å². The molecule has 7 heteroatoms. The topological polar surface area (TPSA) is 54.0 Å². The number of hydrogen-bond donors (Lipinski definition) is 1. The van der Waals surface area contributed by atoms with Crippen molar-refractivity contribution in [1.29, 1.82) is 0 Å². The lowest BCUT2D eigenvalue weighted by molar-refractivity contribution is 0.181. The lowest BCUT2D eigenvalue weighted by Gasteiger charge is -2.36.